The summed E-state index contributed by atoms with van der Waals surface area (Å²) in [6.07, 6.45) is -4.52. The molecule has 0 aromatic heterocycles. The van der Waals surface area contributed by atoms with Crippen LogP contribution in [0.1, 0.15) is 11.1 Å². The molecule has 0 fully saturated rings. The first kappa shape index (κ1) is 18.5. The molecule has 2 aromatic carbocycles. The lowest BCUT2D eigenvalue weighted by Crippen LogP contribution is -2.28. The number of alkyl halides is 3. The van der Waals surface area contributed by atoms with Crippen LogP contribution in [0.5, 0.6) is 5.75 Å². The molecule has 1 N–H and O–H groups in total. The summed E-state index contributed by atoms with van der Waals surface area (Å²) in [5, 5.41) is 2.68. The third-order valence-corrected chi connectivity index (χ3v) is 4.12. The van der Waals surface area contributed by atoms with E-state index in [0.717, 1.165) is 17.0 Å². The van der Waals surface area contributed by atoms with Gasteiger partial charge in [0, 0.05) is 18.3 Å². The smallest absolute Gasteiger partial charge is 0.416 e. The fourth-order valence-corrected chi connectivity index (χ4v) is 2.78. The zero-order valence-electron chi connectivity index (χ0n) is 14.4. The van der Waals surface area contributed by atoms with Gasteiger partial charge in [0.05, 0.1) is 18.2 Å². The normalized spacial score (nSPS) is 14.8. The van der Waals surface area contributed by atoms with E-state index in [2.05, 4.69) is 5.32 Å². The first-order chi connectivity index (χ1) is 12.7. The Morgan fingerprint density at radius 1 is 1.00 bits per heavy atom. The number of nitrogens with one attached hydrogen (secondary N) is 1. The fourth-order valence-electron chi connectivity index (χ4n) is 2.78. The zero-order chi connectivity index (χ0) is 19.8. The van der Waals surface area contributed by atoms with Crippen LogP contribution in [-0.4, -0.2) is 30.9 Å². The predicted molar refractivity (Wildman–Crippen MR) is 92.8 cm³/mol. The maximum absolute atomic E-state index is 12.9. The van der Waals surface area contributed by atoms with Gasteiger partial charge < -0.3 is 10.1 Å². The molecule has 3 rings (SSSR count). The standard InChI is InChI=1S/C19H15F3N2O3/c1-24-17(25)15(13-8-3-4-9-14(13)27-2)16(18(24)26)23-12-7-5-6-11(10-12)19(20,21)22/h3-10,23H,1-2H3. The summed E-state index contributed by atoms with van der Waals surface area (Å²) >= 11 is 0. The Labute approximate surface area is 153 Å². The summed E-state index contributed by atoms with van der Waals surface area (Å²) in [6, 6.07) is 11.0. The Morgan fingerprint density at radius 2 is 1.70 bits per heavy atom. The molecule has 0 spiro atoms. The number of anilines is 1. The van der Waals surface area contributed by atoms with Gasteiger partial charge in [-0.3, -0.25) is 14.5 Å². The van der Waals surface area contributed by atoms with Crippen molar-refractivity contribution in [3.63, 3.8) is 0 Å². The molecular formula is C19H15F3N2O3. The molecular weight excluding hydrogens is 361 g/mol. The van der Waals surface area contributed by atoms with Gasteiger partial charge in [-0.2, -0.15) is 13.2 Å². The van der Waals surface area contributed by atoms with E-state index in [1.807, 2.05) is 0 Å². The average Bonchev–Trinajstić information content (AvgIpc) is 2.85. The van der Waals surface area contributed by atoms with Crippen molar-refractivity contribution < 1.29 is 27.5 Å². The monoisotopic (exact) mass is 376 g/mol. The van der Waals surface area contributed by atoms with Crippen LogP contribution in [-0.2, 0) is 15.8 Å². The summed E-state index contributed by atoms with van der Waals surface area (Å²) in [6.45, 7) is 0. The minimum atomic E-state index is -4.52. The number of benzene rings is 2. The van der Waals surface area contributed by atoms with Crippen LogP contribution in [0.25, 0.3) is 5.57 Å². The van der Waals surface area contributed by atoms with Crippen molar-refractivity contribution in [1.29, 1.82) is 0 Å². The van der Waals surface area contributed by atoms with Crippen LogP contribution >= 0.6 is 0 Å². The number of amides is 2. The highest BCUT2D eigenvalue weighted by molar-refractivity contribution is 6.36. The minimum absolute atomic E-state index is 0.0392. The topological polar surface area (TPSA) is 58.6 Å². The van der Waals surface area contributed by atoms with Crippen molar-refractivity contribution in [2.75, 3.05) is 19.5 Å². The average molecular weight is 376 g/mol. The van der Waals surface area contributed by atoms with E-state index in [9.17, 15) is 22.8 Å². The van der Waals surface area contributed by atoms with Crippen molar-refractivity contribution in [3.05, 3.63) is 65.4 Å². The molecule has 0 saturated carbocycles. The predicted octanol–water partition coefficient (Wildman–Crippen LogP) is 3.54. The fraction of sp³-hybridized carbons (Fsp3) is 0.158. The molecule has 27 heavy (non-hydrogen) atoms. The molecule has 0 bridgehead atoms. The molecule has 2 amide bonds. The number of hydrogen-bond acceptors (Lipinski definition) is 4. The number of likely N-dealkylation sites (N-methyl/N-ethyl adjacent to an activating group) is 1. The maximum atomic E-state index is 12.9. The molecule has 0 radical (unpaired) electrons. The van der Waals surface area contributed by atoms with Gasteiger partial charge in [0.15, 0.2) is 0 Å². The molecule has 0 atom stereocenters. The second-order valence-electron chi connectivity index (χ2n) is 5.82. The Balaban J connectivity index is 2.11. The molecule has 8 heteroatoms. The summed E-state index contributed by atoms with van der Waals surface area (Å²) in [4.78, 5) is 26.0. The highest BCUT2D eigenvalue weighted by Gasteiger charge is 2.38. The minimum Gasteiger partial charge on any atom is -0.496 e. The van der Waals surface area contributed by atoms with Crippen molar-refractivity contribution in [2.45, 2.75) is 6.18 Å². The van der Waals surface area contributed by atoms with Gasteiger partial charge in [0.25, 0.3) is 11.8 Å². The Morgan fingerprint density at radius 3 is 2.37 bits per heavy atom. The van der Waals surface area contributed by atoms with Gasteiger partial charge in [-0.05, 0) is 24.3 Å². The Bertz CT molecular complexity index is 951. The van der Waals surface area contributed by atoms with Crippen molar-refractivity contribution in [3.8, 4) is 5.75 Å². The van der Waals surface area contributed by atoms with Gasteiger partial charge >= 0.3 is 6.18 Å². The van der Waals surface area contributed by atoms with Crippen LogP contribution in [0.15, 0.2) is 54.2 Å². The van der Waals surface area contributed by atoms with E-state index in [4.69, 9.17) is 4.74 Å². The largest absolute Gasteiger partial charge is 0.496 e. The van der Waals surface area contributed by atoms with E-state index in [-0.39, 0.29) is 17.0 Å². The summed E-state index contributed by atoms with van der Waals surface area (Å²) in [7, 11) is 2.73. The summed E-state index contributed by atoms with van der Waals surface area (Å²) in [5.74, 6) is -0.843. The second kappa shape index (κ2) is 6.79. The molecule has 2 aromatic rings. The van der Waals surface area contributed by atoms with Gasteiger partial charge in [-0.15, -0.1) is 0 Å². The van der Waals surface area contributed by atoms with Crippen molar-refractivity contribution >= 4 is 23.1 Å². The highest BCUT2D eigenvalue weighted by atomic mass is 19.4. The van der Waals surface area contributed by atoms with Gasteiger partial charge in [-0.1, -0.05) is 24.3 Å². The van der Waals surface area contributed by atoms with Gasteiger partial charge in [0.1, 0.15) is 11.4 Å². The van der Waals surface area contributed by atoms with E-state index in [1.165, 1.54) is 26.3 Å². The highest BCUT2D eigenvalue weighted by Crippen LogP contribution is 2.35. The summed E-state index contributed by atoms with van der Waals surface area (Å²) < 4.78 is 44.1. The van der Waals surface area contributed by atoms with Crippen LogP contribution in [0.2, 0.25) is 0 Å². The summed E-state index contributed by atoms with van der Waals surface area (Å²) in [5.41, 5.74) is -0.512. The number of para-hydroxylation sites is 1. The molecule has 140 valence electrons. The second-order valence-corrected chi connectivity index (χ2v) is 5.82. The van der Waals surface area contributed by atoms with Crippen molar-refractivity contribution in [1.82, 2.24) is 4.90 Å². The quantitative estimate of drug-likeness (QED) is 0.830. The molecule has 1 heterocycles. The molecule has 0 saturated heterocycles. The van der Waals surface area contributed by atoms with Crippen LogP contribution in [0, 0.1) is 0 Å². The van der Waals surface area contributed by atoms with E-state index >= 15 is 0 Å². The third kappa shape index (κ3) is 3.38. The van der Waals surface area contributed by atoms with Crippen LogP contribution < -0.4 is 10.1 Å². The molecule has 1 aliphatic heterocycles. The molecule has 1 aliphatic rings. The lowest BCUT2D eigenvalue weighted by atomic mass is 10.0. The first-order valence-corrected chi connectivity index (χ1v) is 7.88. The number of imide groups is 1. The number of halogens is 3. The zero-order valence-corrected chi connectivity index (χ0v) is 14.4. The SMILES string of the molecule is COc1ccccc1C1=C(Nc2cccc(C(F)(F)F)c2)C(=O)N(C)C1=O. The van der Waals surface area contributed by atoms with E-state index < -0.39 is 23.6 Å². The number of carbonyl (C=O) groups excluding carboxylic acids is 2. The Kier molecular flexibility index (Phi) is 4.65. The first-order valence-electron chi connectivity index (χ1n) is 7.88. The molecule has 5 nitrogen and oxygen atoms in total. The number of rotatable bonds is 4. The Hall–Kier alpha value is -3.29. The lowest BCUT2D eigenvalue weighted by molar-refractivity contribution is -0.137. The lowest BCUT2D eigenvalue weighted by Gasteiger charge is -2.12. The van der Waals surface area contributed by atoms with Gasteiger partial charge in [0.2, 0.25) is 0 Å². The van der Waals surface area contributed by atoms with E-state index in [1.54, 1.807) is 24.3 Å². The number of ether oxygens (including phenoxy) is 1. The van der Waals surface area contributed by atoms with Crippen molar-refractivity contribution in [2.24, 2.45) is 0 Å². The number of methoxy groups -OCH3 is 1. The maximum Gasteiger partial charge on any atom is 0.416 e. The third-order valence-electron chi connectivity index (χ3n) is 4.12. The molecule has 0 unspecified atom stereocenters. The molecule has 0 aliphatic carbocycles. The number of carbonyl (C=O) groups is 2. The van der Waals surface area contributed by atoms with Crippen LogP contribution in [0.3, 0.4) is 0 Å². The number of nitrogens with zero attached hydrogens (tertiary/aromatic N) is 1. The number of hydrogen-bond donors (Lipinski definition) is 1. The van der Waals surface area contributed by atoms with E-state index in [0.29, 0.717) is 11.3 Å². The van der Waals surface area contributed by atoms with Crippen LogP contribution in [0.4, 0.5) is 18.9 Å². The van der Waals surface area contributed by atoms with Gasteiger partial charge in [-0.25, -0.2) is 0 Å².